The second-order valence-corrected chi connectivity index (χ2v) is 6.76. The van der Waals surface area contributed by atoms with Crippen LogP contribution in [0.4, 0.5) is 0 Å². The second-order valence-electron chi connectivity index (χ2n) is 4.82. The van der Waals surface area contributed by atoms with Crippen molar-refractivity contribution in [1.82, 2.24) is 4.31 Å². The largest absolute Gasteiger partial charge is 0.490 e. The van der Waals surface area contributed by atoms with Crippen LogP contribution in [0.3, 0.4) is 0 Å². The molecular formula is C16H27NO4S. The third-order valence-corrected chi connectivity index (χ3v) is 5.24. The number of nitrogens with zero attached hydrogens (tertiary/aromatic N) is 1. The summed E-state index contributed by atoms with van der Waals surface area (Å²) in [4.78, 5) is 0.248. The van der Waals surface area contributed by atoms with E-state index in [2.05, 4.69) is 0 Å². The van der Waals surface area contributed by atoms with Crippen LogP contribution >= 0.6 is 0 Å². The first-order valence-corrected chi connectivity index (χ1v) is 9.34. The minimum atomic E-state index is -3.50. The van der Waals surface area contributed by atoms with Crippen molar-refractivity contribution in [2.24, 2.45) is 0 Å². The lowest BCUT2D eigenvalue weighted by atomic mass is 10.3. The molecule has 0 aliphatic heterocycles. The summed E-state index contributed by atoms with van der Waals surface area (Å²) in [5, 5.41) is 0. The smallest absolute Gasteiger partial charge is 0.243 e. The number of ether oxygens (including phenoxy) is 2. The van der Waals surface area contributed by atoms with Gasteiger partial charge in [0, 0.05) is 19.2 Å². The summed E-state index contributed by atoms with van der Waals surface area (Å²) < 4.78 is 37.9. The maximum atomic E-state index is 12.7. The van der Waals surface area contributed by atoms with Crippen molar-refractivity contribution in [3.8, 4) is 11.5 Å². The van der Waals surface area contributed by atoms with Gasteiger partial charge in [-0.3, -0.25) is 0 Å². The van der Waals surface area contributed by atoms with Gasteiger partial charge in [-0.25, -0.2) is 8.42 Å². The molecule has 0 heterocycles. The number of hydrogen-bond donors (Lipinski definition) is 0. The summed E-state index contributed by atoms with van der Waals surface area (Å²) in [7, 11) is -3.50. The standard InChI is InChI=1S/C16H27NO4S/c1-5-9-12-17(6-2)22(18,19)14-10-11-15(20-7-3)16(13-14)21-8-4/h10-11,13H,5-9,12H2,1-4H3. The molecule has 0 unspecified atom stereocenters. The Balaban J connectivity index is 3.15. The summed E-state index contributed by atoms with van der Waals surface area (Å²) in [6.07, 6.45) is 1.81. The predicted molar refractivity (Wildman–Crippen MR) is 88.1 cm³/mol. The van der Waals surface area contributed by atoms with Gasteiger partial charge in [-0.15, -0.1) is 0 Å². The van der Waals surface area contributed by atoms with Crippen LogP contribution in [0.15, 0.2) is 23.1 Å². The first-order chi connectivity index (χ1) is 10.5. The monoisotopic (exact) mass is 329 g/mol. The Bertz CT molecular complexity index is 557. The van der Waals surface area contributed by atoms with E-state index in [4.69, 9.17) is 9.47 Å². The van der Waals surface area contributed by atoms with E-state index >= 15 is 0 Å². The van der Waals surface area contributed by atoms with Gasteiger partial charge in [0.25, 0.3) is 0 Å². The highest BCUT2D eigenvalue weighted by molar-refractivity contribution is 7.89. The summed E-state index contributed by atoms with van der Waals surface area (Å²) >= 11 is 0. The third kappa shape index (κ3) is 4.61. The predicted octanol–water partition coefficient (Wildman–Crippen LogP) is 3.29. The van der Waals surface area contributed by atoms with Crippen LogP contribution in [0.25, 0.3) is 0 Å². The van der Waals surface area contributed by atoms with E-state index in [0.717, 1.165) is 12.8 Å². The Kier molecular flexibility index (Phi) is 7.68. The van der Waals surface area contributed by atoms with Gasteiger partial charge < -0.3 is 9.47 Å². The maximum Gasteiger partial charge on any atom is 0.243 e. The molecule has 0 saturated heterocycles. The molecule has 0 bridgehead atoms. The third-order valence-electron chi connectivity index (χ3n) is 3.27. The lowest BCUT2D eigenvalue weighted by Crippen LogP contribution is -2.31. The van der Waals surface area contributed by atoms with Gasteiger partial charge in [-0.1, -0.05) is 20.3 Å². The zero-order chi connectivity index (χ0) is 16.6. The van der Waals surface area contributed by atoms with E-state index in [9.17, 15) is 8.42 Å². The van der Waals surface area contributed by atoms with E-state index < -0.39 is 10.0 Å². The summed E-state index contributed by atoms with van der Waals surface area (Å²) in [5.41, 5.74) is 0. The SMILES string of the molecule is CCCCN(CC)S(=O)(=O)c1ccc(OCC)c(OCC)c1. The van der Waals surface area contributed by atoms with E-state index in [1.54, 1.807) is 18.2 Å². The number of hydrogen-bond acceptors (Lipinski definition) is 4. The van der Waals surface area contributed by atoms with Crippen LogP contribution in [-0.2, 0) is 10.0 Å². The number of unbranched alkanes of at least 4 members (excludes halogenated alkanes) is 1. The van der Waals surface area contributed by atoms with Gasteiger partial charge >= 0.3 is 0 Å². The van der Waals surface area contributed by atoms with Crippen LogP contribution in [0, 0.1) is 0 Å². The van der Waals surface area contributed by atoms with Crippen LogP contribution in [0.5, 0.6) is 11.5 Å². The van der Waals surface area contributed by atoms with Crippen LogP contribution < -0.4 is 9.47 Å². The molecule has 0 spiro atoms. The van der Waals surface area contributed by atoms with E-state index in [0.29, 0.717) is 37.8 Å². The molecule has 22 heavy (non-hydrogen) atoms. The Hall–Kier alpha value is -1.27. The molecule has 0 aromatic heterocycles. The van der Waals surface area contributed by atoms with Crippen molar-refractivity contribution >= 4 is 10.0 Å². The number of sulfonamides is 1. The second kappa shape index (κ2) is 9.00. The van der Waals surface area contributed by atoms with Crippen molar-refractivity contribution in [3.63, 3.8) is 0 Å². The van der Waals surface area contributed by atoms with Gasteiger partial charge in [0.15, 0.2) is 11.5 Å². The minimum Gasteiger partial charge on any atom is -0.490 e. The highest BCUT2D eigenvalue weighted by Gasteiger charge is 2.24. The lowest BCUT2D eigenvalue weighted by molar-refractivity contribution is 0.287. The molecule has 0 atom stereocenters. The molecule has 0 fully saturated rings. The average Bonchev–Trinajstić information content (AvgIpc) is 2.50. The van der Waals surface area contributed by atoms with Crippen molar-refractivity contribution in [2.75, 3.05) is 26.3 Å². The van der Waals surface area contributed by atoms with E-state index in [1.165, 1.54) is 4.31 Å². The van der Waals surface area contributed by atoms with Crippen LogP contribution in [0.1, 0.15) is 40.5 Å². The first kappa shape index (κ1) is 18.8. The molecule has 126 valence electrons. The maximum absolute atomic E-state index is 12.7. The van der Waals surface area contributed by atoms with E-state index in [-0.39, 0.29) is 4.90 Å². The first-order valence-electron chi connectivity index (χ1n) is 7.90. The summed E-state index contributed by atoms with van der Waals surface area (Å²) in [6, 6.07) is 4.80. The van der Waals surface area contributed by atoms with Gasteiger partial charge in [0.05, 0.1) is 18.1 Å². The molecule has 0 radical (unpaired) electrons. The van der Waals surface area contributed by atoms with Crippen molar-refractivity contribution in [3.05, 3.63) is 18.2 Å². The molecule has 1 rings (SSSR count). The van der Waals surface area contributed by atoms with Gasteiger partial charge in [0.1, 0.15) is 0 Å². The Morgan fingerprint density at radius 2 is 1.64 bits per heavy atom. The topological polar surface area (TPSA) is 55.8 Å². The molecule has 0 saturated carbocycles. The highest BCUT2D eigenvalue weighted by atomic mass is 32.2. The van der Waals surface area contributed by atoms with Crippen molar-refractivity contribution in [1.29, 1.82) is 0 Å². The summed E-state index contributed by atoms with van der Waals surface area (Å²) in [5.74, 6) is 1.04. The molecule has 5 nitrogen and oxygen atoms in total. The molecular weight excluding hydrogens is 302 g/mol. The summed E-state index contributed by atoms with van der Waals surface area (Å²) in [6.45, 7) is 9.59. The van der Waals surface area contributed by atoms with Crippen molar-refractivity contribution < 1.29 is 17.9 Å². The molecule has 6 heteroatoms. The quantitative estimate of drug-likeness (QED) is 0.661. The molecule has 0 aliphatic carbocycles. The highest BCUT2D eigenvalue weighted by Crippen LogP contribution is 2.31. The average molecular weight is 329 g/mol. The molecule has 0 amide bonds. The van der Waals surface area contributed by atoms with E-state index in [1.807, 2.05) is 27.7 Å². The zero-order valence-corrected chi connectivity index (χ0v) is 14.8. The van der Waals surface area contributed by atoms with Gasteiger partial charge in [-0.05, 0) is 32.4 Å². The lowest BCUT2D eigenvalue weighted by Gasteiger charge is -2.21. The minimum absolute atomic E-state index is 0.248. The Morgan fingerprint density at radius 1 is 1.00 bits per heavy atom. The van der Waals surface area contributed by atoms with Crippen LogP contribution in [-0.4, -0.2) is 39.0 Å². The number of benzene rings is 1. The van der Waals surface area contributed by atoms with Gasteiger partial charge in [-0.2, -0.15) is 4.31 Å². The fraction of sp³-hybridized carbons (Fsp3) is 0.625. The van der Waals surface area contributed by atoms with Crippen LogP contribution in [0.2, 0.25) is 0 Å². The van der Waals surface area contributed by atoms with Gasteiger partial charge in [0.2, 0.25) is 10.0 Å². The Morgan fingerprint density at radius 3 is 2.18 bits per heavy atom. The zero-order valence-electron chi connectivity index (χ0n) is 14.0. The fourth-order valence-corrected chi connectivity index (χ4v) is 3.63. The van der Waals surface area contributed by atoms with Crippen molar-refractivity contribution in [2.45, 2.75) is 45.4 Å². The normalized spacial score (nSPS) is 11.7. The fourth-order valence-electron chi connectivity index (χ4n) is 2.12. The molecule has 0 N–H and O–H groups in total. The Labute approximate surface area is 134 Å². The molecule has 1 aromatic carbocycles. The number of rotatable bonds is 10. The molecule has 1 aromatic rings. The molecule has 0 aliphatic rings.